The van der Waals surface area contributed by atoms with E-state index in [4.69, 9.17) is 23.2 Å². The molecule has 0 saturated carbocycles. The molecule has 4 aromatic rings. The second-order valence-electron chi connectivity index (χ2n) is 6.79. The molecule has 31 heavy (non-hydrogen) atoms. The fourth-order valence-corrected chi connectivity index (χ4v) is 5.34. The van der Waals surface area contributed by atoms with Crippen LogP contribution in [0, 0.1) is 13.8 Å². The van der Waals surface area contributed by atoms with E-state index in [1.165, 1.54) is 11.8 Å². The minimum absolute atomic E-state index is 0.182. The lowest BCUT2D eigenvalue weighted by Crippen LogP contribution is -2.19. The Balaban J connectivity index is 1.39. The zero-order valence-corrected chi connectivity index (χ0v) is 19.9. The number of halogens is 2. The lowest BCUT2D eigenvalue weighted by atomic mass is 10.2. The number of nitrogens with one attached hydrogen (secondary N) is 1. The minimum atomic E-state index is -0.182. The molecule has 4 rings (SSSR count). The standard InChI is InChI=1S/C22H18Cl2N4OS2/c1-13-9-15(14(2)28(13)16-7-8-17(23)18(24)10-16)11-25-27-21(29)12-30-22-26-19-5-3-4-6-20(19)31-22/h3-11H,12H2,1-2H3,(H,27,29)/b25-11+. The van der Waals surface area contributed by atoms with Crippen molar-refractivity contribution in [1.82, 2.24) is 15.0 Å². The van der Waals surface area contributed by atoms with Crippen LogP contribution < -0.4 is 5.43 Å². The quantitative estimate of drug-likeness (QED) is 0.198. The normalized spacial score (nSPS) is 11.5. The monoisotopic (exact) mass is 488 g/mol. The van der Waals surface area contributed by atoms with Crippen molar-refractivity contribution in [2.45, 2.75) is 18.2 Å². The van der Waals surface area contributed by atoms with Gasteiger partial charge in [0.2, 0.25) is 0 Å². The fourth-order valence-electron chi connectivity index (χ4n) is 3.19. The number of hydrogen-bond acceptors (Lipinski definition) is 5. The van der Waals surface area contributed by atoms with Crippen molar-refractivity contribution in [3.05, 3.63) is 75.5 Å². The van der Waals surface area contributed by atoms with Gasteiger partial charge in [-0.3, -0.25) is 4.79 Å². The highest BCUT2D eigenvalue weighted by Crippen LogP contribution is 2.29. The van der Waals surface area contributed by atoms with Gasteiger partial charge in [-0.2, -0.15) is 5.10 Å². The Morgan fingerprint density at radius 3 is 2.77 bits per heavy atom. The van der Waals surface area contributed by atoms with Crippen LogP contribution in [0.15, 0.2) is 58.0 Å². The number of hydrogen-bond donors (Lipinski definition) is 1. The lowest BCUT2D eigenvalue weighted by molar-refractivity contribution is -0.118. The van der Waals surface area contributed by atoms with E-state index in [1.54, 1.807) is 23.6 Å². The summed E-state index contributed by atoms with van der Waals surface area (Å²) in [7, 11) is 0. The second kappa shape index (κ2) is 9.44. The number of hydrazone groups is 1. The van der Waals surface area contributed by atoms with Crippen LogP contribution in [0.2, 0.25) is 10.0 Å². The van der Waals surface area contributed by atoms with Gasteiger partial charge in [-0.05, 0) is 50.2 Å². The van der Waals surface area contributed by atoms with Crippen LogP contribution in [0.5, 0.6) is 0 Å². The summed E-state index contributed by atoms with van der Waals surface area (Å²) in [5.41, 5.74) is 7.37. The van der Waals surface area contributed by atoms with E-state index in [-0.39, 0.29) is 11.7 Å². The summed E-state index contributed by atoms with van der Waals surface area (Å²) in [6, 6.07) is 15.4. The van der Waals surface area contributed by atoms with E-state index in [0.717, 1.165) is 37.2 Å². The number of benzene rings is 2. The smallest absolute Gasteiger partial charge is 0.250 e. The Morgan fingerprint density at radius 1 is 1.19 bits per heavy atom. The molecule has 158 valence electrons. The summed E-state index contributed by atoms with van der Waals surface area (Å²) in [6.07, 6.45) is 1.65. The number of nitrogens with zero attached hydrogens (tertiary/aromatic N) is 3. The van der Waals surface area contributed by atoms with E-state index in [1.807, 2.05) is 56.3 Å². The lowest BCUT2D eigenvalue weighted by Gasteiger charge is -2.10. The molecular weight excluding hydrogens is 471 g/mol. The van der Waals surface area contributed by atoms with Crippen LogP contribution in [0.1, 0.15) is 17.0 Å². The molecule has 0 saturated heterocycles. The number of amides is 1. The Morgan fingerprint density at radius 2 is 2.00 bits per heavy atom. The van der Waals surface area contributed by atoms with Gasteiger partial charge in [-0.1, -0.05) is 47.1 Å². The zero-order chi connectivity index (χ0) is 22.0. The van der Waals surface area contributed by atoms with Gasteiger partial charge >= 0.3 is 0 Å². The van der Waals surface area contributed by atoms with Gasteiger partial charge in [0.15, 0.2) is 4.34 Å². The third-order valence-electron chi connectivity index (χ3n) is 4.63. The molecule has 0 unspecified atom stereocenters. The summed E-state index contributed by atoms with van der Waals surface area (Å²) in [6.45, 7) is 3.99. The van der Waals surface area contributed by atoms with E-state index in [9.17, 15) is 4.79 Å². The van der Waals surface area contributed by atoms with Crippen molar-refractivity contribution in [2.75, 3.05) is 5.75 Å². The average molecular weight is 489 g/mol. The maximum atomic E-state index is 12.2. The van der Waals surface area contributed by atoms with Gasteiger partial charge < -0.3 is 4.57 Å². The number of carbonyl (C=O) groups is 1. The van der Waals surface area contributed by atoms with Crippen molar-refractivity contribution in [3.63, 3.8) is 0 Å². The number of para-hydroxylation sites is 1. The van der Waals surface area contributed by atoms with Gasteiger partial charge in [-0.15, -0.1) is 11.3 Å². The Kier molecular flexibility index (Phi) is 6.67. The van der Waals surface area contributed by atoms with Crippen LogP contribution in [-0.4, -0.2) is 27.4 Å². The van der Waals surface area contributed by atoms with E-state index in [2.05, 4.69) is 20.1 Å². The summed E-state index contributed by atoms with van der Waals surface area (Å²) < 4.78 is 4.04. The number of fused-ring (bicyclic) bond motifs is 1. The Labute approximate surface area is 198 Å². The molecule has 0 spiro atoms. The molecule has 9 heteroatoms. The van der Waals surface area contributed by atoms with Crippen molar-refractivity contribution in [1.29, 1.82) is 0 Å². The van der Waals surface area contributed by atoms with Crippen molar-refractivity contribution < 1.29 is 4.79 Å². The molecule has 0 bridgehead atoms. The molecule has 0 aliphatic rings. The van der Waals surface area contributed by atoms with Crippen LogP contribution in [0.3, 0.4) is 0 Å². The first-order valence-corrected chi connectivity index (χ1v) is 11.9. The highest BCUT2D eigenvalue weighted by Gasteiger charge is 2.11. The predicted molar refractivity (Wildman–Crippen MR) is 131 cm³/mol. The number of aromatic nitrogens is 2. The molecule has 1 amide bonds. The molecule has 0 aliphatic heterocycles. The highest BCUT2D eigenvalue weighted by atomic mass is 35.5. The van der Waals surface area contributed by atoms with Crippen LogP contribution >= 0.6 is 46.3 Å². The first-order chi connectivity index (χ1) is 14.9. The maximum Gasteiger partial charge on any atom is 0.250 e. The van der Waals surface area contributed by atoms with E-state index in [0.29, 0.717) is 10.0 Å². The summed E-state index contributed by atoms with van der Waals surface area (Å²) in [4.78, 5) is 16.7. The number of rotatable bonds is 6. The topological polar surface area (TPSA) is 59.3 Å². The van der Waals surface area contributed by atoms with Gasteiger partial charge in [0.05, 0.1) is 32.2 Å². The largest absolute Gasteiger partial charge is 0.318 e. The molecule has 0 atom stereocenters. The first-order valence-electron chi connectivity index (χ1n) is 9.37. The van der Waals surface area contributed by atoms with Gasteiger partial charge in [0.25, 0.3) is 5.91 Å². The van der Waals surface area contributed by atoms with Crippen molar-refractivity contribution >= 4 is 68.6 Å². The molecule has 1 N–H and O–H groups in total. The summed E-state index contributed by atoms with van der Waals surface area (Å²) in [5, 5.41) is 5.14. The van der Waals surface area contributed by atoms with Crippen LogP contribution in [0.25, 0.3) is 15.9 Å². The van der Waals surface area contributed by atoms with Crippen molar-refractivity contribution in [2.24, 2.45) is 5.10 Å². The SMILES string of the molecule is Cc1cc(/C=N/NC(=O)CSc2nc3ccccc3s2)c(C)n1-c1ccc(Cl)c(Cl)c1. The molecule has 2 aromatic carbocycles. The van der Waals surface area contributed by atoms with Crippen LogP contribution in [0.4, 0.5) is 0 Å². The van der Waals surface area contributed by atoms with Crippen LogP contribution in [-0.2, 0) is 4.79 Å². The number of carbonyl (C=O) groups excluding carboxylic acids is 1. The number of aryl methyl sites for hydroxylation is 1. The summed E-state index contributed by atoms with van der Waals surface area (Å²) in [5.74, 6) is 0.0678. The third-order valence-corrected chi connectivity index (χ3v) is 7.54. The molecule has 0 fully saturated rings. The molecule has 2 aromatic heterocycles. The third kappa shape index (κ3) is 4.96. The molecule has 0 radical (unpaired) electrons. The number of thiazole rings is 1. The van der Waals surface area contributed by atoms with Gasteiger partial charge in [-0.25, -0.2) is 10.4 Å². The highest BCUT2D eigenvalue weighted by molar-refractivity contribution is 8.01. The average Bonchev–Trinajstić information content (AvgIpc) is 3.29. The van der Waals surface area contributed by atoms with Gasteiger partial charge in [0, 0.05) is 22.6 Å². The van der Waals surface area contributed by atoms with E-state index >= 15 is 0 Å². The molecule has 2 heterocycles. The fraction of sp³-hybridized carbons (Fsp3) is 0.136. The zero-order valence-electron chi connectivity index (χ0n) is 16.7. The predicted octanol–water partition coefficient (Wildman–Crippen LogP) is 6.25. The van der Waals surface area contributed by atoms with Crippen molar-refractivity contribution in [3.8, 4) is 5.69 Å². The van der Waals surface area contributed by atoms with Gasteiger partial charge in [0.1, 0.15) is 0 Å². The molecule has 5 nitrogen and oxygen atoms in total. The number of thioether (sulfide) groups is 1. The summed E-state index contributed by atoms with van der Waals surface area (Å²) >= 11 is 15.2. The first kappa shape index (κ1) is 21.9. The minimum Gasteiger partial charge on any atom is -0.318 e. The van der Waals surface area contributed by atoms with E-state index < -0.39 is 0 Å². The Bertz CT molecular complexity index is 1260. The maximum absolute atomic E-state index is 12.2. The Hall–Kier alpha value is -2.32. The second-order valence-corrected chi connectivity index (χ2v) is 9.86. The molecule has 0 aliphatic carbocycles. The molecular formula is C22H18Cl2N4OS2.